The minimum Gasteiger partial charge on any atom is -0.376 e. The Morgan fingerprint density at radius 1 is 1.35 bits per heavy atom. The number of ether oxygens (including phenoxy) is 1. The lowest BCUT2D eigenvalue weighted by Crippen LogP contribution is -2.35. The van der Waals surface area contributed by atoms with E-state index in [2.05, 4.69) is 15.3 Å². The summed E-state index contributed by atoms with van der Waals surface area (Å²) in [5.74, 6) is -0.735. The number of amides is 1. The van der Waals surface area contributed by atoms with Gasteiger partial charge in [-0.15, -0.1) is 0 Å². The highest BCUT2D eigenvalue weighted by atomic mass is 19.4. The molecule has 0 aliphatic carbocycles. The van der Waals surface area contributed by atoms with E-state index >= 15 is 0 Å². The van der Waals surface area contributed by atoms with Gasteiger partial charge in [-0.25, -0.2) is 0 Å². The average Bonchev–Trinajstić information content (AvgIpc) is 3.19. The lowest BCUT2D eigenvalue weighted by atomic mass is 10.1. The average molecular weight is 374 g/mol. The second kappa shape index (κ2) is 7.56. The second-order valence-corrected chi connectivity index (χ2v) is 7.15. The predicted octanol–water partition coefficient (Wildman–Crippen LogP) is 2.39. The number of alkyl halides is 3. The van der Waals surface area contributed by atoms with Crippen molar-refractivity contribution in [2.45, 2.75) is 50.9 Å². The largest absolute Gasteiger partial charge is 0.435 e. The lowest BCUT2D eigenvalue weighted by molar-refractivity contribution is -0.142. The second-order valence-electron chi connectivity index (χ2n) is 7.15. The molecular weight excluding hydrogens is 349 g/mol. The Morgan fingerprint density at radius 2 is 2.12 bits per heavy atom. The minimum absolute atomic E-state index is 0.129. The van der Waals surface area contributed by atoms with Crippen LogP contribution in [0.5, 0.6) is 0 Å². The number of piperidine rings is 1. The van der Waals surface area contributed by atoms with Crippen molar-refractivity contribution >= 4 is 5.91 Å². The van der Waals surface area contributed by atoms with E-state index in [0.29, 0.717) is 13.2 Å². The number of carbonyl (C=O) groups is 1. The Kier molecular flexibility index (Phi) is 5.57. The first-order valence-electron chi connectivity index (χ1n) is 9.02. The summed E-state index contributed by atoms with van der Waals surface area (Å²) in [6, 6.07) is -0.158. The van der Waals surface area contributed by atoms with Crippen LogP contribution in [-0.2, 0) is 10.9 Å². The molecule has 1 N–H and O–H groups in total. The summed E-state index contributed by atoms with van der Waals surface area (Å²) in [5.41, 5.74) is -1.21. The lowest BCUT2D eigenvalue weighted by Gasteiger charge is -2.30. The normalized spacial score (nSPS) is 24.8. The molecule has 0 spiro atoms. The number of likely N-dealkylation sites (N-methyl/N-ethyl adjacent to an activating group) is 1. The molecule has 0 radical (unpaired) electrons. The van der Waals surface area contributed by atoms with Crippen LogP contribution in [0, 0.1) is 6.92 Å². The van der Waals surface area contributed by atoms with E-state index in [1.807, 2.05) is 7.05 Å². The third kappa shape index (κ3) is 4.03. The zero-order chi connectivity index (χ0) is 18.9. The highest BCUT2D eigenvalue weighted by Gasteiger charge is 2.41. The first-order valence-corrected chi connectivity index (χ1v) is 9.02. The molecule has 0 aromatic carbocycles. The Morgan fingerprint density at radius 3 is 2.73 bits per heavy atom. The summed E-state index contributed by atoms with van der Waals surface area (Å²) in [4.78, 5) is 14.6. The van der Waals surface area contributed by atoms with Crippen LogP contribution in [0.25, 0.3) is 0 Å². The molecule has 26 heavy (non-hydrogen) atoms. The van der Waals surface area contributed by atoms with Gasteiger partial charge in [0, 0.05) is 25.4 Å². The summed E-state index contributed by atoms with van der Waals surface area (Å²) in [6.45, 7) is 3.92. The molecule has 6 nitrogen and oxygen atoms in total. The summed E-state index contributed by atoms with van der Waals surface area (Å²) in [6.07, 6.45) is -1.45. The van der Waals surface area contributed by atoms with Gasteiger partial charge in [0.2, 0.25) is 0 Å². The Bertz CT molecular complexity index is 653. The van der Waals surface area contributed by atoms with Gasteiger partial charge in [0.1, 0.15) is 0 Å². The van der Waals surface area contributed by atoms with Crippen LogP contribution in [0.2, 0.25) is 0 Å². The van der Waals surface area contributed by atoms with E-state index in [4.69, 9.17) is 4.74 Å². The number of nitrogens with one attached hydrogen (secondary N) is 1. The van der Waals surface area contributed by atoms with Crippen LogP contribution in [0.15, 0.2) is 0 Å². The molecule has 1 amide bonds. The molecule has 2 aliphatic rings. The van der Waals surface area contributed by atoms with Crippen molar-refractivity contribution in [2.24, 2.45) is 0 Å². The van der Waals surface area contributed by atoms with E-state index in [1.165, 1.54) is 11.6 Å². The molecule has 1 aromatic rings. The van der Waals surface area contributed by atoms with Crippen molar-refractivity contribution in [1.29, 1.82) is 0 Å². The van der Waals surface area contributed by atoms with E-state index in [0.717, 1.165) is 32.2 Å². The maximum Gasteiger partial charge on any atom is 0.435 e. The highest BCUT2D eigenvalue weighted by Crippen LogP contribution is 2.34. The predicted molar refractivity (Wildman–Crippen MR) is 89.0 cm³/mol. The molecular formula is C17H25F3N4O2. The molecule has 3 heterocycles. The third-order valence-electron chi connectivity index (χ3n) is 5.11. The molecule has 3 rings (SSSR count). The zero-order valence-electron chi connectivity index (χ0n) is 15.1. The van der Waals surface area contributed by atoms with Gasteiger partial charge >= 0.3 is 6.18 Å². The van der Waals surface area contributed by atoms with Gasteiger partial charge in [-0.05, 0) is 46.2 Å². The standard InChI is InChI=1S/C17H25F3N4O2/c1-11-14(16(25)21-9-13-6-4-8-26-13)15(17(18,19)20)22-24(11)12-5-3-7-23(2)10-12/h12-13H,3-10H2,1-2H3,(H,21,25). The number of carbonyl (C=O) groups excluding carboxylic acids is 1. The summed E-state index contributed by atoms with van der Waals surface area (Å²) < 4.78 is 47.3. The molecule has 2 saturated heterocycles. The highest BCUT2D eigenvalue weighted by molar-refractivity contribution is 5.96. The van der Waals surface area contributed by atoms with Crippen LogP contribution in [0.1, 0.15) is 53.5 Å². The number of hydrogen-bond donors (Lipinski definition) is 1. The van der Waals surface area contributed by atoms with Crippen LogP contribution < -0.4 is 5.32 Å². The minimum atomic E-state index is -4.67. The number of aromatic nitrogens is 2. The molecule has 2 fully saturated rings. The van der Waals surface area contributed by atoms with Crippen LogP contribution >= 0.6 is 0 Å². The molecule has 1 aromatic heterocycles. The van der Waals surface area contributed by atoms with Gasteiger partial charge in [0.15, 0.2) is 5.69 Å². The van der Waals surface area contributed by atoms with E-state index in [-0.39, 0.29) is 29.9 Å². The quantitative estimate of drug-likeness (QED) is 0.879. The van der Waals surface area contributed by atoms with E-state index in [1.54, 1.807) is 0 Å². The maximum absolute atomic E-state index is 13.5. The summed E-state index contributed by atoms with van der Waals surface area (Å²) in [7, 11) is 1.94. The topological polar surface area (TPSA) is 59.4 Å². The molecule has 146 valence electrons. The van der Waals surface area contributed by atoms with E-state index in [9.17, 15) is 18.0 Å². The first kappa shape index (κ1) is 19.2. The first-order chi connectivity index (χ1) is 12.3. The van der Waals surface area contributed by atoms with Crippen LogP contribution in [0.3, 0.4) is 0 Å². The van der Waals surface area contributed by atoms with Gasteiger partial charge in [-0.3, -0.25) is 9.48 Å². The van der Waals surface area contributed by atoms with Crippen molar-refractivity contribution in [1.82, 2.24) is 20.0 Å². The van der Waals surface area contributed by atoms with Gasteiger partial charge in [-0.2, -0.15) is 18.3 Å². The van der Waals surface area contributed by atoms with Gasteiger partial charge < -0.3 is 15.0 Å². The SMILES string of the molecule is Cc1c(C(=O)NCC2CCCO2)c(C(F)(F)F)nn1C1CCCN(C)C1. The number of hydrogen-bond acceptors (Lipinski definition) is 4. The van der Waals surface area contributed by atoms with Crippen molar-refractivity contribution in [3.63, 3.8) is 0 Å². The number of likely N-dealkylation sites (tertiary alicyclic amines) is 1. The third-order valence-corrected chi connectivity index (χ3v) is 5.11. The summed E-state index contributed by atoms with van der Waals surface area (Å²) in [5, 5.41) is 6.40. The van der Waals surface area contributed by atoms with E-state index < -0.39 is 17.8 Å². The smallest absolute Gasteiger partial charge is 0.376 e. The molecule has 0 saturated carbocycles. The zero-order valence-corrected chi connectivity index (χ0v) is 15.1. The number of halogens is 3. The molecule has 0 bridgehead atoms. The molecule has 2 aliphatic heterocycles. The fourth-order valence-corrected chi connectivity index (χ4v) is 3.78. The van der Waals surface area contributed by atoms with Crippen molar-refractivity contribution in [3.8, 4) is 0 Å². The maximum atomic E-state index is 13.5. The van der Waals surface area contributed by atoms with Crippen LogP contribution in [0.4, 0.5) is 13.2 Å². The molecule has 2 atom stereocenters. The molecule has 2 unspecified atom stereocenters. The Labute approximate surface area is 150 Å². The van der Waals surface area contributed by atoms with Crippen molar-refractivity contribution < 1.29 is 22.7 Å². The molecule has 9 heteroatoms. The Hall–Kier alpha value is -1.61. The number of nitrogens with zero attached hydrogens (tertiary/aromatic N) is 3. The van der Waals surface area contributed by atoms with Crippen molar-refractivity contribution in [3.05, 3.63) is 17.0 Å². The number of rotatable bonds is 4. The Balaban J connectivity index is 1.85. The fraction of sp³-hybridized carbons (Fsp3) is 0.765. The fourth-order valence-electron chi connectivity index (χ4n) is 3.78. The van der Waals surface area contributed by atoms with Gasteiger partial charge in [0.05, 0.1) is 17.7 Å². The van der Waals surface area contributed by atoms with Gasteiger partial charge in [0.25, 0.3) is 5.91 Å². The summed E-state index contributed by atoms with van der Waals surface area (Å²) >= 11 is 0. The van der Waals surface area contributed by atoms with Crippen LogP contribution in [-0.4, -0.2) is 60.0 Å². The van der Waals surface area contributed by atoms with Crippen molar-refractivity contribution in [2.75, 3.05) is 33.3 Å². The monoisotopic (exact) mass is 374 g/mol. The van der Waals surface area contributed by atoms with Gasteiger partial charge in [-0.1, -0.05) is 0 Å².